The maximum Gasteiger partial charge on any atom is 0.164 e. The molecule has 1 atom stereocenters. The summed E-state index contributed by atoms with van der Waals surface area (Å²) in [5.74, 6) is 0.650. The molecule has 7 nitrogen and oxygen atoms in total. The Labute approximate surface area is 121 Å². The Hall–Kier alpha value is -2.54. The molecule has 0 aliphatic carbocycles. The Bertz CT molecular complexity index is 762. The second-order valence-electron chi connectivity index (χ2n) is 5.13. The number of aryl methyl sites for hydroxylation is 1. The smallest absolute Gasteiger partial charge is 0.164 e. The van der Waals surface area contributed by atoms with Crippen molar-refractivity contribution in [3.63, 3.8) is 0 Å². The molecule has 0 spiro atoms. The average Bonchev–Trinajstić information content (AvgIpc) is 2.93. The van der Waals surface area contributed by atoms with E-state index in [9.17, 15) is 5.11 Å². The standard InChI is InChI=1S/C14H16N6O/c1-14(21,10-6-19-20(2)7-10)8-16-13-11-4-3-5-15-12(11)17-9-18-13/h3-7,9,21H,8H2,1-2H3,(H,15,16,17,18). The van der Waals surface area contributed by atoms with Crippen LogP contribution in [0, 0.1) is 0 Å². The largest absolute Gasteiger partial charge is 0.383 e. The van der Waals surface area contributed by atoms with Gasteiger partial charge in [-0.1, -0.05) is 0 Å². The fourth-order valence-electron chi connectivity index (χ4n) is 2.09. The van der Waals surface area contributed by atoms with Crippen LogP contribution in [0.5, 0.6) is 0 Å². The van der Waals surface area contributed by atoms with Gasteiger partial charge in [0, 0.05) is 31.5 Å². The number of hydrogen-bond acceptors (Lipinski definition) is 6. The van der Waals surface area contributed by atoms with Crippen LogP contribution in [0.4, 0.5) is 5.82 Å². The minimum absolute atomic E-state index is 0.305. The van der Waals surface area contributed by atoms with Gasteiger partial charge in [-0.25, -0.2) is 15.0 Å². The van der Waals surface area contributed by atoms with Crippen molar-refractivity contribution < 1.29 is 5.11 Å². The molecule has 21 heavy (non-hydrogen) atoms. The lowest BCUT2D eigenvalue weighted by Gasteiger charge is -2.22. The van der Waals surface area contributed by atoms with E-state index in [1.165, 1.54) is 6.33 Å². The number of pyridine rings is 1. The molecule has 3 heterocycles. The first-order valence-corrected chi connectivity index (χ1v) is 6.57. The molecule has 0 radical (unpaired) electrons. The highest BCUT2D eigenvalue weighted by Crippen LogP contribution is 2.22. The van der Waals surface area contributed by atoms with Gasteiger partial charge in [0.2, 0.25) is 0 Å². The number of nitrogens with zero attached hydrogens (tertiary/aromatic N) is 5. The van der Waals surface area contributed by atoms with E-state index in [0.717, 1.165) is 10.9 Å². The van der Waals surface area contributed by atoms with Crippen LogP contribution in [0.3, 0.4) is 0 Å². The lowest BCUT2D eigenvalue weighted by molar-refractivity contribution is 0.0714. The summed E-state index contributed by atoms with van der Waals surface area (Å²) in [7, 11) is 1.82. The number of rotatable bonds is 4. The predicted octanol–water partition coefficient (Wildman–Crippen LogP) is 1.08. The molecule has 3 aromatic rings. The second-order valence-corrected chi connectivity index (χ2v) is 5.13. The van der Waals surface area contributed by atoms with E-state index >= 15 is 0 Å². The highest BCUT2D eigenvalue weighted by atomic mass is 16.3. The maximum atomic E-state index is 10.6. The summed E-state index contributed by atoms with van der Waals surface area (Å²) in [4.78, 5) is 12.5. The first kappa shape index (κ1) is 13.4. The zero-order valence-corrected chi connectivity index (χ0v) is 11.9. The zero-order valence-electron chi connectivity index (χ0n) is 11.9. The van der Waals surface area contributed by atoms with E-state index in [0.29, 0.717) is 18.0 Å². The van der Waals surface area contributed by atoms with E-state index in [1.54, 1.807) is 30.2 Å². The van der Waals surface area contributed by atoms with Crippen LogP contribution in [-0.4, -0.2) is 36.4 Å². The van der Waals surface area contributed by atoms with E-state index in [2.05, 4.69) is 25.4 Å². The third-order valence-electron chi connectivity index (χ3n) is 3.34. The van der Waals surface area contributed by atoms with Gasteiger partial charge in [0.05, 0.1) is 11.6 Å². The SMILES string of the molecule is Cn1cc(C(C)(O)CNc2ncnc3ncccc23)cn1. The molecule has 0 saturated carbocycles. The third kappa shape index (κ3) is 2.68. The van der Waals surface area contributed by atoms with Gasteiger partial charge in [0.15, 0.2) is 5.65 Å². The molecule has 0 saturated heterocycles. The molecule has 0 aromatic carbocycles. The fraction of sp³-hybridized carbons (Fsp3) is 0.286. The van der Waals surface area contributed by atoms with Crippen molar-refractivity contribution in [1.29, 1.82) is 0 Å². The number of fused-ring (bicyclic) bond motifs is 1. The summed E-state index contributed by atoms with van der Waals surface area (Å²) in [6.07, 6.45) is 6.59. The summed E-state index contributed by atoms with van der Waals surface area (Å²) in [5, 5.41) is 18.6. The molecule has 3 rings (SSSR count). The first-order chi connectivity index (χ1) is 10.1. The lowest BCUT2D eigenvalue weighted by atomic mass is 10.00. The van der Waals surface area contributed by atoms with Gasteiger partial charge in [0.1, 0.15) is 17.7 Å². The topological polar surface area (TPSA) is 88.8 Å². The number of hydrogen-bond donors (Lipinski definition) is 2. The number of nitrogens with one attached hydrogen (secondary N) is 1. The normalized spacial score (nSPS) is 14.0. The Morgan fingerprint density at radius 2 is 2.19 bits per heavy atom. The van der Waals surface area contributed by atoms with Gasteiger partial charge in [-0.05, 0) is 19.1 Å². The Morgan fingerprint density at radius 3 is 2.95 bits per heavy atom. The molecule has 2 N–H and O–H groups in total. The molecule has 1 unspecified atom stereocenters. The van der Waals surface area contributed by atoms with Crippen LogP contribution in [-0.2, 0) is 12.6 Å². The summed E-state index contributed by atoms with van der Waals surface area (Å²) < 4.78 is 1.66. The van der Waals surface area contributed by atoms with Crippen molar-refractivity contribution in [3.8, 4) is 0 Å². The van der Waals surface area contributed by atoms with Crippen molar-refractivity contribution in [1.82, 2.24) is 24.7 Å². The van der Waals surface area contributed by atoms with Gasteiger partial charge >= 0.3 is 0 Å². The molecule has 7 heteroatoms. The molecular formula is C14H16N6O. The van der Waals surface area contributed by atoms with E-state index < -0.39 is 5.60 Å². The Balaban J connectivity index is 1.83. The maximum absolute atomic E-state index is 10.6. The van der Waals surface area contributed by atoms with Crippen molar-refractivity contribution in [2.45, 2.75) is 12.5 Å². The Kier molecular flexibility index (Phi) is 3.26. The van der Waals surface area contributed by atoms with Gasteiger partial charge in [-0.3, -0.25) is 4.68 Å². The molecule has 108 valence electrons. The van der Waals surface area contributed by atoms with Crippen molar-refractivity contribution in [2.75, 3.05) is 11.9 Å². The molecule has 0 amide bonds. The molecule has 0 aliphatic heterocycles. The van der Waals surface area contributed by atoms with Gasteiger partial charge < -0.3 is 10.4 Å². The highest BCUT2D eigenvalue weighted by Gasteiger charge is 2.25. The van der Waals surface area contributed by atoms with Gasteiger partial charge in [-0.2, -0.15) is 5.10 Å². The average molecular weight is 284 g/mol. The zero-order chi connectivity index (χ0) is 14.9. The molecule has 3 aromatic heterocycles. The van der Waals surface area contributed by atoms with Crippen molar-refractivity contribution in [3.05, 3.63) is 42.6 Å². The van der Waals surface area contributed by atoms with Crippen molar-refractivity contribution >= 4 is 16.9 Å². The fourth-order valence-corrected chi connectivity index (χ4v) is 2.09. The van der Waals surface area contributed by atoms with Crippen LogP contribution in [0.2, 0.25) is 0 Å². The summed E-state index contributed by atoms with van der Waals surface area (Å²) in [5.41, 5.74) is 0.318. The quantitative estimate of drug-likeness (QED) is 0.745. The Morgan fingerprint density at radius 1 is 1.33 bits per heavy atom. The van der Waals surface area contributed by atoms with Crippen LogP contribution >= 0.6 is 0 Å². The first-order valence-electron chi connectivity index (χ1n) is 6.57. The summed E-state index contributed by atoms with van der Waals surface area (Å²) in [6.45, 7) is 2.04. The monoisotopic (exact) mass is 284 g/mol. The number of aliphatic hydroxyl groups is 1. The van der Waals surface area contributed by atoms with Crippen LogP contribution < -0.4 is 5.32 Å². The summed E-state index contributed by atoms with van der Waals surface area (Å²) >= 11 is 0. The van der Waals surface area contributed by atoms with Crippen LogP contribution in [0.15, 0.2) is 37.1 Å². The minimum Gasteiger partial charge on any atom is -0.383 e. The predicted molar refractivity (Wildman–Crippen MR) is 78.6 cm³/mol. The number of aromatic nitrogens is 5. The van der Waals surface area contributed by atoms with Crippen LogP contribution in [0.25, 0.3) is 11.0 Å². The van der Waals surface area contributed by atoms with Gasteiger partial charge in [0.25, 0.3) is 0 Å². The summed E-state index contributed by atoms with van der Waals surface area (Å²) in [6, 6.07) is 3.72. The van der Waals surface area contributed by atoms with E-state index in [4.69, 9.17) is 0 Å². The molecule has 0 aliphatic rings. The third-order valence-corrected chi connectivity index (χ3v) is 3.34. The molecular weight excluding hydrogens is 268 g/mol. The molecule has 0 fully saturated rings. The lowest BCUT2D eigenvalue weighted by Crippen LogP contribution is -2.30. The van der Waals surface area contributed by atoms with Crippen LogP contribution in [0.1, 0.15) is 12.5 Å². The number of anilines is 1. The molecule has 0 bridgehead atoms. The van der Waals surface area contributed by atoms with E-state index in [1.807, 2.05) is 19.2 Å². The minimum atomic E-state index is -1.05. The second kappa shape index (κ2) is 5.10. The van der Waals surface area contributed by atoms with Crippen molar-refractivity contribution in [2.24, 2.45) is 7.05 Å². The van der Waals surface area contributed by atoms with Gasteiger partial charge in [-0.15, -0.1) is 0 Å². The van der Waals surface area contributed by atoms with E-state index in [-0.39, 0.29) is 0 Å². The highest BCUT2D eigenvalue weighted by molar-refractivity contribution is 5.85.